The van der Waals surface area contributed by atoms with Crippen molar-refractivity contribution in [1.29, 1.82) is 0 Å². The van der Waals surface area contributed by atoms with Crippen LogP contribution in [0.2, 0.25) is 0 Å². The number of aromatic nitrogens is 2. The van der Waals surface area contributed by atoms with E-state index < -0.39 is 0 Å². The summed E-state index contributed by atoms with van der Waals surface area (Å²) in [7, 11) is 0. The van der Waals surface area contributed by atoms with Crippen LogP contribution < -0.4 is 5.73 Å². The van der Waals surface area contributed by atoms with E-state index in [2.05, 4.69) is 29.6 Å². The van der Waals surface area contributed by atoms with Gasteiger partial charge < -0.3 is 10.3 Å². The second-order valence-electron chi connectivity index (χ2n) is 4.18. The van der Waals surface area contributed by atoms with E-state index in [1.54, 1.807) is 0 Å². The Hall–Kier alpha value is -0.830. The fraction of sp³-hybridized carbons (Fsp3) is 0.727. The summed E-state index contributed by atoms with van der Waals surface area (Å²) in [5, 5.41) is 0. The van der Waals surface area contributed by atoms with Gasteiger partial charge in [0.1, 0.15) is 0 Å². The Balaban J connectivity index is 2.28. The van der Waals surface area contributed by atoms with E-state index in [9.17, 15) is 0 Å². The lowest BCUT2D eigenvalue weighted by atomic mass is 10.1. The van der Waals surface area contributed by atoms with Crippen molar-refractivity contribution >= 4 is 0 Å². The molecule has 0 bridgehead atoms. The predicted molar refractivity (Wildman–Crippen MR) is 59.1 cm³/mol. The molecular weight excluding hydrogens is 174 g/mol. The van der Waals surface area contributed by atoms with E-state index in [1.165, 1.54) is 12.8 Å². The predicted octanol–water partition coefficient (Wildman–Crippen LogP) is 1.82. The van der Waals surface area contributed by atoms with E-state index in [4.69, 9.17) is 5.73 Å². The highest BCUT2D eigenvalue weighted by Gasteiger charge is 1.98. The Kier molecular flexibility index (Phi) is 4.66. The zero-order valence-corrected chi connectivity index (χ0v) is 9.24. The van der Waals surface area contributed by atoms with Crippen LogP contribution in [0, 0.1) is 5.92 Å². The molecule has 0 unspecified atom stereocenters. The van der Waals surface area contributed by atoms with Crippen LogP contribution in [0.5, 0.6) is 0 Å². The number of hydrogen-bond donors (Lipinski definition) is 1. The van der Waals surface area contributed by atoms with Gasteiger partial charge in [0, 0.05) is 19.2 Å². The maximum atomic E-state index is 5.46. The van der Waals surface area contributed by atoms with Gasteiger partial charge in [0.25, 0.3) is 0 Å². The monoisotopic (exact) mass is 195 g/mol. The van der Waals surface area contributed by atoms with E-state index in [-0.39, 0.29) is 0 Å². The summed E-state index contributed by atoms with van der Waals surface area (Å²) in [6.07, 6.45) is 7.41. The molecule has 0 atom stereocenters. The standard InChI is InChI=1S/C11H21N3/c1-10(2)4-3-7-14-8-11(5-6-12)13-9-14/h8-10H,3-7,12H2,1-2H3. The molecule has 0 fully saturated rings. The molecule has 3 heteroatoms. The molecule has 2 N–H and O–H groups in total. The van der Waals surface area contributed by atoms with Crippen molar-refractivity contribution in [2.75, 3.05) is 6.54 Å². The lowest BCUT2D eigenvalue weighted by molar-refractivity contribution is 0.512. The molecule has 0 amide bonds. The van der Waals surface area contributed by atoms with Gasteiger partial charge in [-0.1, -0.05) is 13.8 Å². The minimum Gasteiger partial charge on any atom is -0.337 e. The Labute approximate surface area is 86.3 Å². The van der Waals surface area contributed by atoms with Crippen molar-refractivity contribution < 1.29 is 0 Å². The van der Waals surface area contributed by atoms with E-state index in [0.717, 1.165) is 24.6 Å². The fourth-order valence-corrected chi connectivity index (χ4v) is 1.49. The van der Waals surface area contributed by atoms with Gasteiger partial charge in [-0.25, -0.2) is 4.98 Å². The highest BCUT2D eigenvalue weighted by atomic mass is 15.0. The first-order valence-corrected chi connectivity index (χ1v) is 5.43. The fourth-order valence-electron chi connectivity index (χ4n) is 1.49. The smallest absolute Gasteiger partial charge is 0.0949 e. The second kappa shape index (κ2) is 5.81. The molecule has 0 aliphatic carbocycles. The van der Waals surface area contributed by atoms with Gasteiger partial charge in [0.2, 0.25) is 0 Å². The van der Waals surface area contributed by atoms with E-state index in [0.29, 0.717) is 6.54 Å². The van der Waals surface area contributed by atoms with Crippen molar-refractivity contribution in [1.82, 2.24) is 9.55 Å². The Morgan fingerprint density at radius 1 is 1.50 bits per heavy atom. The molecule has 0 spiro atoms. The Morgan fingerprint density at radius 2 is 2.29 bits per heavy atom. The highest BCUT2D eigenvalue weighted by molar-refractivity contribution is 4.96. The van der Waals surface area contributed by atoms with Crippen LogP contribution in [0.4, 0.5) is 0 Å². The summed E-state index contributed by atoms with van der Waals surface area (Å²) in [6, 6.07) is 0. The van der Waals surface area contributed by atoms with Gasteiger partial charge >= 0.3 is 0 Å². The molecule has 1 aromatic heterocycles. The maximum Gasteiger partial charge on any atom is 0.0949 e. The Bertz CT molecular complexity index is 253. The van der Waals surface area contributed by atoms with Gasteiger partial charge in [-0.05, 0) is 25.3 Å². The lowest BCUT2D eigenvalue weighted by Gasteiger charge is -2.04. The molecule has 1 aromatic rings. The number of rotatable bonds is 6. The van der Waals surface area contributed by atoms with Crippen molar-refractivity contribution in [3.05, 3.63) is 18.2 Å². The number of aryl methyl sites for hydroxylation is 1. The third kappa shape index (κ3) is 3.92. The molecule has 3 nitrogen and oxygen atoms in total. The summed E-state index contributed by atoms with van der Waals surface area (Å²) < 4.78 is 2.16. The molecule has 0 aliphatic rings. The third-order valence-electron chi connectivity index (χ3n) is 2.28. The quantitative estimate of drug-likeness (QED) is 0.752. The van der Waals surface area contributed by atoms with Crippen molar-refractivity contribution in [2.45, 2.75) is 39.7 Å². The molecule has 0 radical (unpaired) electrons. The number of hydrogen-bond acceptors (Lipinski definition) is 2. The van der Waals surface area contributed by atoms with Gasteiger partial charge in [0.05, 0.1) is 12.0 Å². The second-order valence-corrected chi connectivity index (χ2v) is 4.18. The van der Waals surface area contributed by atoms with Crippen LogP contribution in [0.3, 0.4) is 0 Å². The zero-order valence-electron chi connectivity index (χ0n) is 9.24. The van der Waals surface area contributed by atoms with Crippen LogP contribution in [0.1, 0.15) is 32.4 Å². The molecule has 14 heavy (non-hydrogen) atoms. The maximum absolute atomic E-state index is 5.46. The van der Waals surface area contributed by atoms with Crippen LogP contribution in [0.15, 0.2) is 12.5 Å². The van der Waals surface area contributed by atoms with E-state index in [1.807, 2.05) is 6.33 Å². The normalized spacial score (nSPS) is 11.1. The average Bonchev–Trinajstić information content (AvgIpc) is 2.53. The summed E-state index contributed by atoms with van der Waals surface area (Å²) in [4.78, 5) is 4.29. The van der Waals surface area contributed by atoms with Crippen molar-refractivity contribution in [2.24, 2.45) is 11.7 Å². The molecule has 0 saturated heterocycles. The molecular formula is C11H21N3. The van der Waals surface area contributed by atoms with Crippen LogP contribution in [-0.4, -0.2) is 16.1 Å². The lowest BCUT2D eigenvalue weighted by Crippen LogP contribution is -2.02. The minimum absolute atomic E-state index is 0.684. The molecule has 0 aliphatic heterocycles. The van der Waals surface area contributed by atoms with Crippen LogP contribution >= 0.6 is 0 Å². The average molecular weight is 195 g/mol. The van der Waals surface area contributed by atoms with Crippen molar-refractivity contribution in [3.63, 3.8) is 0 Å². The largest absolute Gasteiger partial charge is 0.337 e. The first-order valence-electron chi connectivity index (χ1n) is 5.43. The van der Waals surface area contributed by atoms with Crippen molar-refractivity contribution in [3.8, 4) is 0 Å². The van der Waals surface area contributed by atoms with Crippen LogP contribution in [-0.2, 0) is 13.0 Å². The highest BCUT2D eigenvalue weighted by Crippen LogP contribution is 2.06. The summed E-state index contributed by atoms with van der Waals surface area (Å²) in [6.45, 7) is 6.28. The van der Waals surface area contributed by atoms with Gasteiger partial charge in [-0.3, -0.25) is 0 Å². The number of imidazole rings is 1. The third-order valence-corrected chi connectivity index (χ3v) is 2.28. The first kappa shape index (κ1) is 11.2. The molecule has 1 rings (SSSR count). The first-order chi connectivity index (χ1) is 6.72. The van der Waals surface area contributed by atoms with Gasteiger partial charge in [0.15, 0.2) is 0 Å². The van der Waals surface area contributed by atoms with Gasteiger partial charge in [-0.15, -0.1) is 0 Å². The number of nitrogens with zero attached hydrogens (tertiary/aromatic N) is 2. The topological polar surface area (TPSA) is 43.8 Å². The van der Waals surface area contributed by atoms with Crippen LogP contribution in [0.25, 0.3) is 0 Å². The summed E-state index contributed by atoms with van der Waals surface area (Å²) in [5.41, 5.74) is 6.57. The van der Waals surface area contributed by atoms with E-state index >= 15 is 0 Å². The van der Waals surface area contributed by atoms with Gasteiger partial charge in [-0.2, -0.15) is 0 Å². The minimum atomic E-state index is 0.684. The zero-order chi connectivity index (χ0) is 10.4. The Morgan fingerprint density at radius 3 is 2.93 bits per heavy atom. The molecule has 0 saturated carbocycles. The molecule has 80 valence electrons. The SMILES string of the molecule is CC(C)CCCn1cnc(CCN)c1. The summed E-state index contributed by atoms with van der Waals surface area (Å²) >= 11 is 0. The molecule has 0 aromatic carbocycles. The summed E-state index contributed by atoms with van der Waals surface area (Å²) in [5.74, 6) is 0.794. The number of nitrogens with two attached hydrogens (primary N) is 1. The molecule has 1 heterocycles.